The van der Waals surface area contributed by atoms with Crippen LogP contribution in [0.2, 0.25) is 0 Å². The molecule has 3 fully saturated rings. The highest BCUT2D eigenvalue weighted by Gasteiger charge is 2.47. The van der Waals surface area contributed by atoms with Gasteiger partial charge < -0.3 is 34.7 Å². The van der Waals surface area contributed by atoms with Crippen molar-refractivity contribution in [2.75, 3.05) is 52.1 Å². The molecule has 3 N–H and O–H groups in total. The van der Waals surface area contributed by atoms with Gasteiger partial charge in [0.25, 0.3) is 0 Å². The van der Waals surface area contributed by atoms with E-state index in [1.165, 1.54) is 19.3 Å². The Kier molecular flexibility index (Phi) is 12.7. The summed E-state index contributed by atoms with van der Waals surface area (Å²) in [6.45, 7) is 1.81. The highest BCUT2D eigenvalue weighted by molar-refractivity contribution is 6.01. The Morgan fingerprint density at radius 3 is 2.47 bits per heavy atom. The molecule has 0 spiro atoms. The Bertz CT molecular complexity index is 1350. The molecule has 10 nitrogen and oxygen atoms in total. The van der Waals surface area contributed by atoms with Gasteiger partial charge in [0.2, 0.25) is 11.8 Å². The average Bonchev–Trinajstić information content (AvgIpc) is 3.69. The lowest BCUT2D eigenvalue weighted by atomic mass is 9.76. The molecule has 1 aliphatic heterocycles. The summed E-state index contributed by atoms with van der Waals surface area (Å²) in [6, 6.07) is 6.41. The van der Waals surface area contributed by atoms with E-state index in [2.05, 4.69) is 5.32 Å². The molecule has 2 aromatic rings. The van der Waals surface area contributed by atoms with Crippen LogP contribution >= 0.6 is 0 Å². The molecule has 3 aliphatic rings. The standard InChI is InChI=1S/C36H53FN4O6/c1-40-31-14-13-28(21-27(31)22-32(40)36(44)47-18-6-17-46-20-19-45-2)39-34(42)33-29(24-7-4-3-5-8-24)15-16-41(33)35(43)26-11-9-25(10-12-26)30(38)23-37/h13-14,21-22,24-26,29-30,33H,3-12,15-20,23,38H2,1-2H3,(H,39,42)/t25?,26?,29-,30+,33-/m0/s1. The number of aromatic nitrogens is 1. The first-order valence-electron chi connectivity index (χ1n) is 17.6. The highest BCUT2D eigenvalue weighted by atomic mass is 19.1. The minimum atomic E-state index is -0.535. The molecule has 1 aromatic heterocycles. The lowest BCUT2D eigenvalue weighted by Crippen LogP contribution is -2.50. The topological polar surface area (TPSA) is 125 Å². The number of ether oxygens (including phenoxy) is 3. The maximum Gasteiger partial charge on any atom is 0.354 e. The number of nitrogens with one attached hydrogen (secondary N) is 1. The number of hydrogen-bond donors (Lipinski definition) is 2. The van der Waals surface area contributed by atoms with Crippen molar-refractivity contribution in [3.05, 3.63) is 30.0 Å². The maximum atomic E-state index is 14.1. The van der Waals surface area contributed by atoms with Crippen molar-refractivity contribution in [1.82, 2.24) is 9.47 Å². The summed E-state index contributed by atoms with van der Waals surface area (Å²) in [5.41, 5.74) is 7.87. The molecule has 47 heavy (non-hydrogen) atoms. The number of esters is 1. The quantitative estimate of drug-likeness (QED) is 0.211. The second-order valence-corrected chi connectivity index (χ2v) is 13.7. The minimum absolute atomic E-state index is 0.0546. The van der Waals surface area contributed by atoms with Crippen LogP contribution < -0.4 is 11.1 Å². The number of amides is 2. The number of alkyl halides is 1. The molecule has 1 aromatic carbocycles. The maximum absolute atomic E-state index is 14.1. The Labute approximate surface area is 277 Å². The van der Waals surface area contributed by atoms with Crippen molar-refractivity contribution in [1.29, 1.82) is 0 Å². The molecule has 2 aliphatic carbocycles. The largest absolute Gasteiger partial charge is 0.461 e. The van der Waals surface area contributed by atoms with Crippen LogP contribution in [0.5, 0.6) is 0 Å². The molecule has 2 heterocycles. The number of nitrogens with zero attached hydrogens (tertiary/aromatic N) is 2. The molecular formula is C36H53FN4O6. The molecule has 5 rings (SSSR count). The molecule has 2 saturated carbocycles. The van der Waals surface area contributed by atoms with Crippen molar-refractivity contribution >= 4 is 34.4 Å². The van der Waals surface area contributed by atoms with E-state index in [1.807, 2.05) is 30.1 Å². The number of benzene rings is 1. The van der Waals surface area contributed by atoms with Crippen molar-refractivity contribution in [3.8, 4) is 0 Å². The molecule has 1 saturated heterocycles. The summed E-state index contributed by atoms with van der Waals surface area (Å²) in [5, 5.41) is 3.96. The summed E-state index contributed by atoms with van der Waals surface area (Å²) in [4.78, 5) is 42.8. The molecule has 0 radical (unpaired) electrons. The molecule has 11 heteroatoms. The number of halogens is 1. The fraction of sp³-hybridized carbons (Fsp3) is 0.694. The van der Waals surface area contributed by atoms with E-state index in [1.54, 1.807) is 17.7 Å². The van der Waals surface area contributed by atoms with Crippen LogP contribution in [-0.4, -0.2) is 86.1 Å². The van der Waals surface area contributed by atoms with E-state index >= 15 is 0 Å². The van der Waals surface area contributed by atoms with Gasteiger partial charge in [-0.1, -0.05) is 32.1 Å². The summed E-state index contributed by atoms with van der Waals surface area (Å²) in [7, 11) is 3.44. The Morgan fingerprint density at radius 1 is 0.979 bits per heavy atom. The summed E-state index contributed by atoms with van der Waals surface area (Å²) < 4.78 is 30.8. The molecule has 260 valence electrons. The van der Waals surface area contributed by atoms with Crippen LogP contribution in [0.25, 0.3) is 10.9 Å². The average molecular weight is 657 g/mol. The van der Waals surface area contributed by atoms with Crippen molar-refractivity contribution in [3.63, 3.8) is 0 Å². The Morgan fingerprint density at radius 2 is 1.74 bits per heavy atom. The van der Waals surface area contributed by atoms with E-state index in [4.69, 9.17) is 19.9 Å². The van der Waals surface area contributed by atoms with Gasteiger partial charge in [-0.25, -0.2) is 9.18 Å². The van der Waals surface area contributed by atoms with Gasteiger partial charge in [0.1, 0.15) is 18.4 Å². The first-order chi connectivity index (χ1) is 22.8. The van der Waals surface area contributed by atoms with E-state index in [-0.39, 0.29) is 36.2 Å². The van der Waals surface area contributed by atoms with E-state index in [0.29, 0.717) is 62.9 Å². The van der Waals surface area contributed by atoms with E-state index in [9.17, 15) is 18.8 Å². The molecular weight excluding hydrogens is 603 g/mol. The number of likely N-dealkylation sites (tertiary alicyclic amines) is 1. The zero-order chi connectivity index (χ0) is 33.3. The van der Waals surface area contributed by atoms with Crippen LogP contribution in [0, 0.1) is 23.7 Å². The Balaban J connectivity index is 1.26. The third-order valence-electron chi connectivity index (χ3n) is 10.8. The zero-order valence-corrected chi connectivity index (χ0v) is 28.1. The summed E-state index contributed by atoms with van der Waals surface area (Å²) >= 11 is 0. The number of fused-ring (bicyclic) bond motifs is 1. The van der Waals surface area contributed by atoms with E-state index in [0.717, 1.165) is 43.0 Å². The first kappa shape index (κ1) is 35.3. The first-order valence-corrected chi connectivity index (χ1v) is 17.6. The van der Waals surface area contributed by atoms with E-state index < -0.39 is 24.7 Å². The fourth-order valence-electron chi connectivity index (χ4n) is 8.09. The predicted octanol–water partition coefficient (Wildman–Crippen LogP) is 5.23. The van der Waals surface area contributed by atoms with Crippen LogP contribution in [0.4, 0.5) is 10.1 Å². The van der Waals surface area contributed by atoms with Gasteiger partial charge in [-0.15, -0.1) is 0 Å². The fourth-order valence-corrected chi connectivity index (χ4v) is 8.09. The third kappa shape index (κ3) is 8.53. The number of rotatable bonds is 14. The SMILES string of the molecule is COCCOCCCOC(=O)c1cc2cc(NC(=O)[C@@H]3[C@H](C4CCCCC4)CCN3C(=O)C3CCC([C@H](N)CF)CC3)ccc2n1C. The summed E-state index contributed by atoms with van der Waals surface area (Å²) in [5.74, 6) is 0.00204. The summed E-state index contributed by atoms with van der Waals surface area (Å²) in [6.07, 6.45) is 10.0. The van der Waals surface area contributed by atoms with Gasteiger partial charge in [-0.2, -0.15) is 0 Å². The second-order valence-electron chi connectivity index (χ2n) is 13.7. The number of anilines is 1. The number of carbonyl (C=O) groups excluding carboxylic acids is 3. The smallest absolute Gasteiger partial charge is 0.354 e. The number of aryl methyl sites for hydroxylation is 1. The van der Waals surface area contributed by atoms with Gasteiger partial charge in [0, 0.05) is 62.3 Å². The van der Waals surface area contributed by atoms with Crippen LogP contribution in [0.1, 0.15) is 81.1 Å². The third-order valence-corrected chi connectivity index (χ3v) is 10.8. The van der Waals surface area contributed by atoms with Crippen LogP contribution in [-0.2, 0) is 30.8 Å². The van der Waals surface area contributed by atoms with Gasteiger partial charge in [-0.3, -0.25) is 9.59 Å². The van der Waals surface area contributed by atoms with Gasteiger partial charge in [-0.05, 0) is 74.1 Å². The van der Waals surface area contributed by atoms with Crippen molar-refractivity contribution in [2.45, 2.75) is 82.7 Å². The van der Waals surface area contributed by atoms with Gasteiger partial charge in [0.15, 0.2) is 0 Å². The number of hydrogen-bond acceptors (Lipinski definition) is 7. The zero-order valence-electron chi connectivity index (χ0n) is 28.1. The molecule has 0 unspecified atom stereocenters. The highest BCUT2D eigenvalue weighted by Crippen LogP contribution is 2.41. The lowest BCUT2D eigenvalue weighted by Gasteiger charge is -2.36. The van der Waals surface area contributed by atoms with Crippen LogP contribution in [0.15, 0.2) is 24.3 Å². The Hall–Kier alpha value is -3.02. The van der Waals surface area contributed by atoms with Gasteiger partial charge >= 0.3 is 5.97 Å². The van der Waals surface area contributed by atoms with Crippen LogP contribution in [0.3, 0.4) is 0 Å². The number of nitrogens with two attached hydrogens (primary N) is 1. The van der Waals surface area contributed by atoms with Crippen molar-refractivity contribution in [2.24, 2.45) is 36.5 Å². The lowest BCUT2D eigenvalue weighted by molar-refractivity contribution is -0.142. The molecule has 3 atom stereocenters. The normalized spacial score (nSPS) is 24.4. The number of carbonyl (C=O) groups is 3. The second kappa shape index (κ2) is 16.9. The predicted molar refractivity (Wildman–Crippen MR) is 179 cm³/mol. The molecule has 0 bridgehead atoms. The minimum Gasteiger partial charge on any atom is -0.461 e. The monoisotopic (exact) mass is 656 g/mol. The van der Waals surface area contributed by atoms with Crippen molar-refractivity contribution < 1.29 is 33.0 Å². The molecule has 2 amide bonds. The number of methoxy groups -OCH3 is 1. The van der Waals surface area contributed by atoms with Gasteiger partial charge in [0.05, 0.1) is 19.8 Å².